The van der Waals surface area contributed by atoms with Crippen LogP contribution in [-0.4, -0.2) is 54.0 Å². The van der Waals surface area contributed by atoms with Gasteiger partial charge in [0.2, 0.25) is 0 Å². The number of likely N-dealkylation sites (N-methyl/N-ethyl adjacent to an activating group) is 1. The van der Waals surface area contributed by atoms with Gasteiger partial charge in [0.05, 0.1) is 0 Å². The number of nitrogens with one attached hydrogen (secondary N) is 1. The highest BCUT2D eigenvalue weighted by atomic mass is 32.2. The molecule has 1 unspecified atom stereocenters. The Labute approximate surface area is 158 Å². The van der Waals surface area contributed by atoms with E-state index in [0.29, 0.717) is 6.04 Å². The van der Waals surface area contributed by atoms with Gasteiger partial charge < -0.3 is 5.32 Å². The molecule has 4 heteroatoms. The number of benzene rings is 1. The van der Waals surface area contributed by atoms with Crippen LogP contribution in [0.2, 0.25) is 0 Å². The second-order valence-corrected chi connectivity index (χ2v) is 8.96. The molecular formula is C21H35N3S. The van der Waals surface area contributed by atoms with Gasteiger partial charge in [-0.2, -0.15) is 0 Å². The molecule has 25 heavy (non-hydrogen) atoms. The maximum absolute atomic E-state index is 3.86. The van der Waals surface area contributed by atoms with Crippen molar-refractivity contribution in [2.75, 3.05) is 32.7 Å². The monoisotopic (exact) mass is 361 g/mol. The van der Waals surface area contributed by atoms with Crippen molar-refractivity contribution in [3.05, 3.63) is 28.8 Å². The van der Waals surface area contributed by atoms with Crippen LogP contribution >= 0.6 is 11.9 Å². The van der Waals surface area contributed by atoms with Crippen molar-refractivity contribution in [3.8, 4) is 0 Å². The molecule has 0 aliphatic carbocycles. The van der Waals surface area contributed by atoms with E-state index in [2.05, 4.69) is 54.3 Å². The third-order valence-electron chi connectivity index (χ3n) is 5.83. The molecule has 2 aliphatic heterocycles. The summed E-state index contributed by atoms with van der Waals surface area (Å²) in [5.41, 5.74) is 4.21. The first kappa shape index (κ1) is 19.2. The lowest BCUT2D eigenvalue weighted by Gasteiger charge is -2.33. The van der Waals surface area contributed by atoms with Crippen LogP contribution in [-0.2, 0) is 0 Å². The van der Waals surface area contributed by atoms with E-state index in [1.807, 2.05) is 11.9 Å². The molecule has 2 saturated heterocycles. The van der Waals surface area contributed by atoms with E-state index in [-0.39, 0.29) is 0 Å². The van der Waals surface area contributed by atoms with Crippen molar-refractivity contribution < 1.29 is 0 Å². The highest BCUT2D eigenvalue weighted by molar-refractivity contribution is 7.97. The van der Waals surface area contributed by atoms with E-state index in [1.165, 1.54) is 80.0 Å². The molecule has 1 atom stereocenters. The number of rotatable bonds is 6. The Hall–Kier alpha value is -0.550. The zero-order chi connectivity index (χ0) is 17.8. The molecule has 2 fully saturated rings. The van der Waals surface area contributed by atoms with Gasteiger partial charge in [-0.15, -0.1) is 0 Å². The van der Waals surface area contributed by atoms with Crippen molar-refractivity contribution in [1.82, 2.24) is 14.5 Å². The number of hydrogen-bond acceptors (Lipinski definition) is 4. The van der Waals surface area contributed by atoms with E-state index < -0.39 is 0 Å². The number of nitrogens with zero attached hydrogens (tertiary/aromatic N) is 2. The highest BCUT2D eigenvalue weighted by Gasteiger charge is 2.25. The average molecular weight is 362 g/mol. The van der Waals surface area contributed by atoms with Crippen LogP contribution in [0.15, 0.2) is 17.0 Å². The van der Waals surface area contributed by atoms with Gasteiger partial charge in [0, 0.05) is 36.6 Å². The summed E-state index contributed by atoms with van der Waals surface area (Å²) in [7, 11) is 0. The van der Waals surface area contributed by atoms with Crippen LogP contribution in [0.3, 0.4) is 0 Å². The van der Waals surface area contributed by atoms with Gasteiger partial charge in [0.25, 0.3) is 0 Å². The first-order valence-electron chi connectivity index (χ1n) is 10.0. The van der Waals surface area contributed by atoms with Gasteiger partial charge in [0.1, 0.15) is 0 Å². The molecule has 0 bridgehead atoms. The summed E-state index contributed by atoms with van der Waals surface area (Å²) in [6.07, 6.45) is 5.30. The minimum Gasteiger partial charge on any atom is -0.312 e. The Bertz CT molecular complexity index is 543. The second-order valence-electron chi connectivity index (χ2n) is 7.86. The quantitative estimate of drug-likeness (QED) is 0.767. The lowest BCUT2D eigenvalue weighted by molar-refractivity contribution is 0.237. The van der Waals surface area contributed by atoms with Crippen LogP contribution < -0.4 is 5.32 Å². The highest BCUT2D eigenvalue weighted by Crippen LogP contribution is 2.32. The topological polar surface area (TPSA) is 18.5 Å². The van der Waals surface area contributed by atoms with E-state index in [0.717, 1.165) is 6.04 Å². The standard InChI is InChI=1S/C21H35N3S/c1-5-23-10-6-7-20(23)15-22-19-8-11-24(12-9-19)25-21-17(3)13-16(2)14-18(21)4/h13-14,19-20,22H,5-12,15H2,1-4H3. The molecular weight excluding hydrogens is 326 g/mol. The number of aryl methyl sites for hydroxylation is 3. The molecule has 0 aromatic heterocycles. The van der Waals surface area contributed by atoms with Gasteiger partial charge in [-0.25, -0.2) is 4.31 Å². The third kappa shape index (κ3) is 5.00. The molecule has 0 radical (unpaired) electrons. The molecule has 3 nitrogen and oxygen atoms in total. The molecule has 2 aliphatic rings. The molecule has 3 rings (SSSR count). The Morgan fingerprint density at radius 3 is 2.36 bits per heavy atom. The normalized spacial score (nSPS) is 23.4. The summed E-state index contributed by atoms with van der Waals surface area (Å²) in [6, 6.07) is 6.10. The fraction of sp³-hybridized carbons (Fsp3) is 0.714. The van der Waals surface area contributed by atoms with Crippen molar-refractivity contribution in [1.29, 1.82) is 0 Å². The van der Waals surface area contributed by atoms with Crippen LogP contribution in [0.5, 0.6) is 0 Å². The van der Waals surface area contributed by atoms with Gasteiger partial charge in [0.15, 0.2) is 0 Å². The van der Waals surface area contributed by atoms with E-state index in [9.17, 15) is 0 Å². The van der Waals surface area contributed by atoms with Gasteiger partial charge in [-0.3, -0.25) is 4.90 Å². The van der Waals surface area contributed by atoms with Crippen molar-refractivity contribution >= 4 is 11.9 Å². The van der Waals surface area contributed by atoms with E-state index in [4.69, 9.17) is 0 Å². The number of hydrogen-bond donors (Lipinski definition) is 1. The molecule has 1 aromatic carbocycles. The summed E-state index contributed by atoms with van der Waals surface area (Å²) < 4.78 is 2.57. The SMILES string of the molecule is CCN1CCCC1CNC1CCN(Sc2c(C)cc(C)cc2C)CC1. The summed E-state index contributed by atoms with van der Waals surface area (Å²) >= 11 is 1.97. The van der Waals surface area contributed by atoms with Gasteiger partial charge in [-0.05, 0) is 82.6 Å². The Balaban J connectivity index is 1.44. The fourth-order valence-corrected chi connectivity index (χ4v) is 5.49. The third-order valence-corrected chi connectivity index (χ3v) is 7.28. The van der Waals surface area contributed by atoms with Crippen molar-refractivity contribution in [2.45, 2.75) is 70.4 Å². The smallest absolute Gasteiger partial charge is 0.0288 e. The van der Waals surface area contributed by atoms with E-state index >= 15 is 0 Å². The zero-order valence-corrected chi connectivity index (χ0v) is 17.3. The summed E-state index contributed by atoms with van der Waals surface area (Å²) in [5, 5.41) is 3.86. The molecule has 1 aromatic rings. The molecule has 0 spiro atoms. The number of piperidine rings is 1. The first-order valence-corrected chi connectivity index (χ1v) is 10.8. The maximum Gasteiger partial charge on any atom is 0.0288 e. The molecule has 2 heterocycles. The number of likely N-dealkylation sites (tertiary alicyclic amines) is 1. The maximum atomic E-state index is 3.86. The van der Waals surface area contributed by atoms with Crippen LogP contribution in [0.25, 0.3) is 0 Å². The minimum absolute atomic E-state index is 0.705. The van der Waals surface area contributed by atoms with Crippen molar-refractivity contribution in [3.63, 3.8) is 0 Å². The van der Waals surface area contributed by atoms with Crippen LogP contribution in [0, 0.1) is 20.8 Å². The largest absolute Gasteiger partial charge is 0.312 e. The van der Waals surface area contributed by atoms with E-state index in [1.54, 1.807) is 0 Å². The first-order chi connectivity index (χ1) is 12.1. The second kappa shape index (κ2) is 8.90. The Morgan fingerprint density at radius 2 is 1.72 bits per heavy atom. The van der Waals surface area contributed by atoms with Crippen LogP contribution in [0.1, 0.15) is 49.3 Å². The lowest BCUT2D eigenvalue weighted by Crippen LogP contribution is -2.45. The van der Waals surface area contributed by atoms with Gasteiger partial charge >= 0.3 is 0 Å². The zero-order valence-electron chi connectivity index (χ0n) is 16.5. The average Bonchev–Trinajstić information content (AvgIpc) is 3.05. The Kier molecular flexibility index (Phi) is 6.84. The molecule has 0 saturated carbocycles. The molecule has 140 valence electrons. The van der Waals surface area contributed by atoms with Gasteiger partial charge in [-0.1, -0.05) is 24.6 Å². The molecule has 1 N–H and O–H groups in total. The van der Waals surface area contributed by atoms with Crippen molar-refractivity contribution in [2.24, 2.45) is 0 Å². The fourth-order valence-electron chi connectivity index (χ4n) is 4.44. The van der Waals surface area contributed by atoms with Crippen LogP contribution in [0.4, 0.5) is 0 Å². The minimum atomic E-state index is 0.705. The summed E-state index contributed by atoms with van der Waals surface area (Å²) in [6.45, 7) is 15.0. The summed E-state index contributed by atoms with van der Waals surface area (Å²) in [4.78, 5) is 4.10. The summed E-state index contributed by atoms with van der Waals surface area (Å²) in [5.74, 6) is 0. The predicted molar refractivity (Wildman–Crippen MR) is 109 cm³/mol. The lowest BCUT2D eigenvalue weighted by atomic mass is 10.1. The molecule has 0 amide bonds. The predicted octanol–water partition coefficient (Wildman–Crippen LogP) is 4.16. The Morgan fingerprint density at radius 1 is 1.04 bits per heavy atom.